The van der Waals surface area contributed by atoms with E-state index < -0.39 is 41.9 Å². The minimum atomic E-state index is -0.962. The molecule has 0 aromatic heterocycles. The minimum absolute atomic E-state index is 0.128. The number of carbonyl (C=O) groups excluding carboxylic acids is 3. The third-order valence-electron chi connectivity index (χ3n) is 5.27. The van der Waals surface area contributed by atoms with Gasteiger partial charge in [0.05, 0.1) is 32.0 Å². The Labute approximate surface area is 187 Å². The Balaban J connectivity index is 1.63. The van der Waals surface area contributed by atoms with Gasteiger partial charge in [-0.05, 0) is 33.3 Å². The molecule has 1 aromatic rings. The summed E-state index contributed by atoms with van der Waals surface area (Å²) in [6.07, 6.45) is 0.0354. The van der Waals surface area contributed by atoms with Crippen LogP contribution >= 0.6 is 0 Å². The highest BCUT2D eigenvalue weighted by atomic mass is 16.8. The van der Waals surface area contributed by atoms with Gasteiger partial charge >= 0.3 is 6.03 Å². The van der Waals surface area contributed by atoms with Gasteiger partial charge in [-0.3, -0.25) is 14.9 Å². The molecule has 1 saturated carbocycles. The maximum atomic E-state index is 13.1. The van der Waals surface area contributed by atoms with Crippen LogP contribution in [0.2, 0.25) is 0 Å². The van der Waals surface area contributed by atoms with E-state index in [9.17, 15) is 14.4 Å². The van der Waals surface area contributed by atoms with E-state index in [1.807, 2.05) is 30.3 Å². The molecule has 9 heteroatoms. The van der Waals surface area contributed by atoms with Crippen molar-refractivity contribution in [1.82, 2.24) is 10.6 Å². The molecule has 4 atom stereocenters. The first-order chi connectivity index (χ1) is 15.2. The predicted molar refractivity (Wildman–Crippen MR) is 114 cm³/mol. The molecule has 2 aliphatic rings. The van der Waals surface area contributed by atoms with Gasteiger partial charge in [0.2, 0.25) is 0 Å². The maximum absolute atomic E-state index is 13.1. The van der Waals surface area contributed by atoms with Gasteiger partial charge in [0.15, 0.2) is 11.6 Å². The number of benzene rings is 1. The van der Waals surface area contributed by atoms with Crippen LogP contribution in [0.4, 0.5) is 4.79 Å². The Bertz CT molecular complexity index is 868. The van der Waals surface area contributed by atoms with E-state index >= 15 is 0 Å². The summed E-state index contributed by atoms with van der Waals surface area (Å²) in [5.41, 5.74) is 1.22. The highest BCUT2D eigenvalue weighted by molar-refractivity contribution is 6.04. The highest BCUT2D eigenvalue weighted by Gasteiger charge is 2.59. The molecule has 3 amide bonds. The summed E-state index contributed by atoms with van der Waals surface area (Å²) in [4.78, 5) is 37.6. The molecule has 1 heterocycles. The van der Waals surface area contributed by atoms with E-state index in [1.54, 1.807) is 20.8 Å². The third kappa shape index (κ3) is 5.73. The summed E-state index contributed by atoms with van der Waals surface area (Å²) < 4.78 is 22.7. The van der Waals surface area contributed by atoms with Gasteiger partial charge < -0.3 is 24.3 Å². The van der Waals surface area contributed by atoms with E-state index in [1.165, 1.54) is 13.2 Å². The number of rotatable bonds is 8. The molecule has 9 nitrogen and oxygen atoms in total. The van der Waals surface area contributed by atoms with Gasteiger partial charge in [-0.25, -0.2) is 4.79 Å². The maximum Gasteiger partial charge on any atom is 0.322 e. The SMILES string of the molecule is CCOC=C(C)C(=O)NC(=O)NC1C(=O)C(COCc2ccccc2)C2OC(C)(C)OC12. The number of Topliss-reactive ketones (excluding diaryl/α,β-unsaturated/α-hetero) is 1. The second-order valence-corrected chi connectivity index (χ2v) is 8.24. The molecule has 0 spiro atoms. The lowest BCUT2D eigenvalue weighted by atomic mass is 10.1. The van der Waals surface area contributed by atoms with Gasteiger partial charge in [-0.2, -0.15) is 0 Å². The van der Waals surface area contributed by atoms with Crippen molar-refractivity contribution in [3.8, 4) is 0 Å². The standard InChI is InChI=1S/C23H30N2O7/c1-5-29-11-14(2)21(27)25-22(28)24-17-18(26)16(19-20(17)32-23(3,4)31-19)13-30-12-15-9-7-6-8-10-15/h6-11,16-17,19-20H,5,12-13H2,1-4H3,(H2,24,25,27,28). The van der Waals surface area contributed by atoms with Gasteiger partial charge in [-0.15, -0.1) is 0 Å². The number of urea groups is 1. The van der Waals surface area contributed by atoms with Crippen LogP contribution in [0.5, 0.6) is 0 Å². The lowest BCUT2D eigenvalue weighted by molar-refractivity contribution is -0.166. The number of amides is 3. The van der Waals surface area contributed by atoms with E-state index in [-0.39, 0.29) is 18.0 Å². The number of imide groups is 1. The summed E-state index contributed by atoms with van der Waals surface area (Å²) in [5.74, 6) is -2.39. The molecule has 4 unspecified atom stereocenters. The van der Waals surface area contributed by atoms with Crippen LogP contribution in [0, 0.1) is 5.92 Å². The number of nitrogens with one attached hydrogen (secondary N) is 2. The van der Waals surface area contributed by atoms with E-state index in [2.05, 4.69) is 10.6 Å². The van der Waals surface area contributed by atoms with Gasteiger partial charge in [0.1, 0.15) is 18.2 Å². The number of ether oxygens (including phenoxy) is 4. The molecule has 1 aliphatic heterocycles. The predicted octanol–water partition coefficient (Wildman–Crippen LogP) is 2.06. The topological polar surface area (TPSA) is 112 Å². The van der Waals surface area contributed by atoms with Crippen LogP contribution in [0.1, 0.15) is 33.3 Å². The zero-order valence-corrected chi connectivity index (χ0v) is 18.8. The number of carbonyl (C=O) groups is 3. The van der Waals surface area contributed by atoms with Crippen molar-refractivity contribution >= 4 is 17.7 Å². The first-order valence-electron chi connectivity index (χ1n) is 10.6. The average molecular weight is 447 g/mol. The Morgan fingerprint density at radius 3 is 2.53 bits per heavy atom. The Morgan fingerprint density at radius 2 is 1.84 bits per heavy atom. The molecule has 1 aromatic carbocycles. The van der Waals surface area contributed by atoms with Crippen molar-refractivity contribution in [2.75, 3.05) is 13.2 Å². The molecule has 2 N–H and O–H groups in total. The molecular formula is C23H30N2O7. The molecule has 32 heavy (non-hydrogen) atoms. The van der Waals surface area contributed by atoms with E-state index in [0.717, 1.165) is 5.56 Å². The van der Waals surface area contributed by atoms with Crippen molar-refractivity contribution in [3.05, 3.63) is 47.7 Å². The molecule has 1 aliphatic carbocycles. The largest absolute Gasteiger partial charge is 0.501 e. The quantitative estimate of drug-likeness (QED) is 0.464. The molecule has 1 saturated heterocycles. The Kier molecular flexibility index (Phi) is 7.65. The fourth-order valence-electron chi connectivity index (χ4n) is 3.79. The number of ketones is 1. The molecule has 174 valence electrons. The summed E-state index contributed by atoms with van der Waals surface area (Å²) in [7, 11) is 0. The normalized spacial score (nSPS) is 26.5. The van der Waals surface area contributed by atoms with Gasteiger partial charge in [0, 0.05) is 5.57 Å². The summed E-state index contributed by atoms with van der Waals surface area (Å²) in [5, 5.41) is 4.77. The molecular weight excluding hydrogens is 416 g/mol. The first-order valence-corrected chi connectivity index (χ1v) is 10.6. The van der Waals surface area contributed by atoms with Gasteiger partial charge in [-0.1, -0.05) is 30.3 Å². The summed E-state index contributed by atoms with van der Waals surface area (Å²) in [6, 6.07) is 7.86. The summed E-state index contributed by atoms with van der Waals surface area (Å²) in [6.45, 7) is 7.68. The zero-order chi connectivity index (χ0) is 23.3. The van der Waals surface area contributed by atoms with E-state index in [4.69, 9.17) is 18.9 Å². The van der Waals surface area contributed by atoms with Crippen LogP contribution in [0.25, 0.3) is 0 Å². The molecule has 3 rings (SSSR count). The van der Waals surface area contributed by atoms with Crippen molar-refractivity contribution in [1.29, 1.82) is 0 Å². The minimum Gasteiger partial charge on any atom is -0.501 e. The van der Waals surface area contributed by atoms with Crippen molar-refractivity contribution in [3.63, 3.8) is 0 Å². The van der Waals surface area contributed by atoms with Gasteiger partial charge in [0.25, 0.3) is 5.91 Å². The Hall–Kier alpha value is -2.75. The number of fused-ring (bicyclic) bond motifs is 1. The first kappa shape index (κ1) is 23.9. The van der Waals surface area contributed by atoms with Crippen molar-refractivity contribution < 1.29 is 33.3 Å². The van der Waals surface area contributed by atoms with Crippen molar-refractivity contribution in [2.45, 2.75) is 58.3 Å². The fraction of sp³-hybridized carbons (Fsp3) is 0.522. The molecule has 2 fully saturated rings. The second kappa shape index (κ2) is 10.2. The number of hydrogen-bond acceptors (Lipinski definition) is 7. The highest BCUT2D eigenvalue weighted by Crippen LogP contribution is 2.40. The fourth-order valence-corrected chi connectivity index (χ4v) is 3.79. The number of hydrogen-bond donors (Lipinski definition) is 2. The zero-order valence-electron chi connectivity index (χ0n) is 18.8. The second-order valence-electron chi connectivity index (χ2n) is 8.24. The lowest BCUT2D eigenvalue weighted by Gasteiger charge is -2.23. The van der Waals surface area contributed by atoms with Crippen LogP contribution in [0.3, 0.4) is 0 Å². The summed E-state index contributed by atoms with van der Waals surface area (Å²) >= 11 is 0. The Morgan fingerprint density at radius 1 is 1.16 bits per heavy atom. The van der Waals surface area contributed by atoms with Crippen LogP contribution < -0.4 is 10.6 Å². The van der Waals surface area contributed by atoms with Crippen molar-refractivity contribution in [2.24, 2.45) is 5.92 Å². The monoisotopic (exact) mass is 446 g/mol. The van der Waals surface area contributed by atoms with Crippen LogP contribution in [-0.4, -0.2) is 55.0 Å². The average Bonchev–Trinajstić information content (AvgIpc) is 3.18. The third-order valence-corrected chi connectivity index (χ3v) is 5.27. The molecule has 0 bridgehead atoms. The van der Waals surface area contributed by atoms with Crippen LogP contribution in [0.15, 0.2) is 42.2 Å². The molecule has 0 radical (unpaired) electrons. The lowest BCUT2D eigenvalue weighted by Crippen LogP contribution is -2.51. The van der Waals surface area contributed by atoms with Crippen LogP contribution in [-0.2, 0) is 35.1 Å². The van der Waals surface area contributed by atoms with E-state index in [0.29, 0.717) is 13.2 Å². The smallest absolute Gasteiger partial charge is 0.322 e.